The predicted molar refractivity (Wildman–Crippen MR) is 175 cm³/mol. The van der Waals surface area contributed by atoms with E-state index in [1.54, 1.807) is 24.3 Å². The molecule has 3 aromatic carbocycles. The Hall–Kier alpha value is -2.89. The summed E-state index contributed by atoms with van der Waals surface area (Å²) in [5.41, 5.74) is 0.622. The predicted octanol–water partition coefficient (Wildman–Crippen LogP) is 4.54. The SMILES string of the molecule is CC(C)(C)[Si](OCCOCCOCCOCCOCCOCCOc1ccc(C=O)cc1)(c1ccccc1)c1ccccc1. The lowest BCUT2D eigenvalue weighted by Gasteiger charge is -2.43. The lowest BCUT2D eigenvalue weighted by molar-refractivity contribution is -0.0143. The molecule has 0 saturated carbocycles. The highest BCUT2D eigenvalue weighted by atomic mass is 28.4. The quantitative estimate of drug-likeness (QED) is 0.0865. The van der Waals surface area contributed by atoms with Gasteiger partial charge in [-0.3, -0.25) is 4.79 Å². The van der Waals surface area contributed by atoms with Gasteiger partial charge in [-0.05, 0) is 39.7 Å². The fourth-order valence-corrected chi connectivity index (χ4v) is 9.40. The maximum Gasteiger partial charge on any atom is 0.261 e. The van der Waals surface area contributed by atoms with Crippen LogP contribution in [0.5, 0.6) is 5.75 Å². The first-order chi connectivity index (χ1) is 21.5. The third kappa shape index (κ3) is 11.9. The molecule has 240 valence electrons. The van der Waals surface area contributed by atoms with Gasteiger partial charge >= 0.3 is 0 Å². The van der Waals surface area contributed by atoms with Crippen molar-refractivity contribution in [3.05, 3.63) is 90.5 Å². The zero-order valence-corrected chi connectivity index (χ0v) is 27.4. The van der Waals surface area contributed by atoms with Crippen molar-refractivity contribution in [3.8, 4) is 5.75 Å². The van der Waals surface area contributed by atoms with E-state index in [2.05, 4.69) is 81.4 Å². The Morgan fingerprint density at radius 3 is 1.30 bits per heavy atom. The van der Waals surface area contributed by atoms with Crippen molar-refractivity contribution in [2.75, 3.05) is 79.3 Å². The van der Waals surface area contributed by atoms with Gasteiger partial charge in [0.2, 0.25) is 0 Å². The Bertz CT molecular complexity index is 1110. The van der Waals surface area contributed by atoms with Gasteiger partial charge in [-0.25, -0.2) is 0 Å². The van der Waals surface area contributed by atoms with Crippen molar-refractivity contribution in [1.82, 2.24) is 0 Å². The van der Waals surface area contributed by atoms with E-state index in [9.17, 15) is 4.79 Å². The van der Waals surface area contributed by atoms with Gasteiger partial charge in [-0.1, -0.05) is 81.4 Å². The molecular formula is C35H48O8Si. The number of rotatable bonds is 23. The van der Waals surface area contributed by atoms with E-state index in [0.717, 1.165) is 6.29 Å². The first-order valence-corrected chi connectivity index (χ1v) is 17.2. The molecule has 0 bridgehead atoms. The van der Waals surface area contributed by atoms with Crippen LogP contribution in [0.15, 0.2) is 84.9 Å². The summed E-state index contributed by atoms with van der Waals surface area (Å²) < 4.78 is 40.4. The van der Waals surface area contributed by atoms with Crippen LogP contribution >= 0.6 is 0 Å². The van der Waals surface area contributed by atoms with Crippen LogP contribution in [0.25, 0.3) is 0 Å². The zero-order valence-electron chi connectivity index (χ0n) is 26.4. The lowest BCUT2D eigenvalue weighted by Crippen LogP contribution is -2.66. The average Bonchev–Trinajstić information content (AvgIpc) is 3.04. The second kappa shape index (κ2) is 20.2. The molecule has 0 aliphatic rings. The monoisotopic (exact) mass is 624 g/mol. The fourth-order valence-electron chi connectivity index (χ4n) is 4.86. The molecule has 3 rings (SSSR count). The molecule has 0 saturated heterocycles. The van der Waals surface area contributed by atoms with Crippen molar-refractivity contribution < 1.29 is 37.6 Å². The molecule has 0 radical (unpaired) electrons. The fraction of sp³-hybridized carbons (Fsp3) is 0.457. The van der Waals surface area contributed by atoms with Gasteiger partial charge in [0.15, 0.2) is 0 Å². The molecule has 0 aromatic heterocycles. The number of hydrogen-bond donors (Lipinski definition) is 0. The average molecular weight is 625 g/mol. The van der Waals surface area contributed by atoms with Crippen molar-refractivity contribution in [2.24, 2.45) is 0 Å². The zero-order chi connectivity index (χ0) is 31.4. The van der Waals surface area contributed by atoms with Crippen molar-refractivity contribution >= 4 is 25.0 Å². The Morgan fingerprint density at radius 1 is 0.523 bits per heavy atom. The molecule has 0 heterocycles. The second-order valence-electron chi connectivity index (χ2n) is 11.1. The minimum absolute atomic E-state index is 0.0544. The van der Waals surface area contributed by atoms with Gasteiger partial charge in [0.25, 0.3) is 8.32 Å². The number of benzene rings is 3. The molecular weight excluding hydrogens is 576 g/mol. The number of ether oxygens (including phenoxy) is 6. The Balaban J connectivity index is 1.17. The van der Waals surface area contributed by atoms with Gasteiger partial charge in [-0.15, -0.1) is 0 Å². The third-order valence-electron chi connectivity index (χ3n) is 6.96. The van der Waals surface area contributed by atoms with E-state index in [0.29, 0.717) is 90.6 Å². The molecule has 0 amide bonds. The van der Waals surface area contributed by atoms with Crippen LogP contribution < -0.4 is 15.1 Å². The van der Waals surface area contributed by atoms with E-state index in [1.165, 1.54) is 10.4 Å². The molecule has 0 unspecified atom stereocenters. The van der Waals surface area contributed by atoms with Gasteiger partial charge in [0.05, 0.1) is 72.7 Å². The smallest absolute Gasteiger partial charge is 0.261 e. The summed E-state index contributed by atoms with van der Waals surface area (Å²) in [6.07, 6.45) is 0.804. The molecule has 8 nitrogen and oxygen atoms in total. The molecule has 3 aromatic rings. The Kier molecular flexibility index (Phi) is 16.3. The van der Waals surface area contributed by atoms with Crippen LogP contribution in [0.4, 0.5) is 0 Å². The first-order valence-electron chi connectivity index (χ1n) is 15.3. The third-order valence-corrected chi connectivity index (χ3v) is 12.0. The molecule has 9 heteroatoms. The highest BCUT2D eigenvalue weighted by Crippen LogP contribution is 2.36. The standard InChI is InChI=1S/C35H48O8Si/c1-35(2,3)44(33-10-6-4-7-11-33,34-12-8-5-9-13-34)43-29-27-41-25-23-39-21-19-37-18-20-38-22-24-40-26-28-42-32-16-14-31(30-36)15-17-32/h4-17,30H,18-29H2,1-3H3. The Labute approximate surface area is 263 Å². The van der Waals surface area contributed by atoms with Crippen LogP contribution in [0.3, 0.4) is 0 Å². The molecule has 44 heavy (non-hydrogen) atoms. The summed E-state index contributed by atoms with van der Waals surface area (Å²) in [5, 5.41) is 2.48. The number of carbonyl (C=O) groups is 1. The highest BCUT2D eigenvalue weighted by Gasteiger charge is 2.49. The summed E-state index contributed by atoms with van der Waals surface area (Å²) in [5.74, 6) is 0.709. The highest BCUT2D eigenvalue weighted by molar-refractivity contribution is 6.99. The van der Waals surface area contributed by atoms with E-state index >= 15 is 0 Å². The molecule has 0 aliphatic heterocycles. The molecule has 0 fully saturated rings. The molecule has 0 atom stereocenters. The summed E-state index contributed by atoms with van der Waals surface area (Å²) in [7, 11) is -2.53. The summed E-state index contributed by atoms with van der Waals surface area (Å²) in [4.78, 5) is 10.7. The van der Waals surface area contributed by atoms with E-state index < -0.39 is 8.32 Å². The van der Waals surface area contributed by atoms with Crippen LogP contribution in [0, 0.1) is 0 Å². The van der Waals surface area contributed by atoms with Crippen LogP contribution in [-0.2, 0) is 28.1 Å². The first kappa shape index (κ1) is 35.6. The largest absolute Gasteiger partial charge is 0.491 e. The number of aldehydes is 1. The van der Waals surface area contributed by atoms with Crippen molar-refractivity contribution in [1.29, 1.82) is 0 Å². The summed E-state index contributed by atoms with van der Waals surface area (Å²) in [6.45, 7) is 12.7. The molecule has 0 N–H and O–H groups in total. The van der Waals surface area contributed by atoms with Gasteiger partial charge in [0.1, 0.15) is 18.6 Å². The van der Waals surface area contributed by atoms with Crippen LogP contribution in [0.2, 0.25) is 5.04 Å². The van der Waals surface area contributed by atoms with Crippen LogP contribution in [0.1, 0.15) is 31.1 Å². The number of hydrogen-bond acceptors (Lipinski definition) is 8. The normalized spacial score (nSPS) is 11.9. The van der Waals surface area contributed by atoms with Crippen LogP contribution in [-0.4, -0.2) is 93.9 Å². The van der Waals surface area contributed by atoms with Gasteiger partial charge in [-0.2, -0.15) is 0 Å². The second-order valence-corrected chi connectivity index (χ2v) is 15.4. The van der Waals surface area contributed by atoms with Gasteiger partial charge < -0.3 is 32.8 Å². The lowest BCUT2D eigenvalue weighted by atomic mass is 10.2. The van der Waals surface area contributed by atoms with E-state index in [4.69, 9.17) is 32.8 Å². The maximum absolute atomic E-state index is 10.7. The van der Waals surface area contributed by atoms with Crippen molar-refractivity contribution in [3.63, 3.8) is 0 Å². The minimum Gasteiger partial charge on any atom is -0.491 e. The summed E-state index contributed by atoms with van der Waals surface area (Å²) >= 11 is 0. The van der Waals surface area contributed by atoms with E-state index in [-0.39, 0.29) is 5.04 Å². The maximum atomic E-state index is 10.7. The Morgan fingerprint density at radius 2 is 0.909 bits per heavy atom. The molecule has 0 spiro atoms. The topological polar surface area (TPSA) is 81.7 Å². The van der Waals surface area contributed by atoms with Gasteiger partial charge in [0, 0.05) is 5.56 Å². The van der Waals surface area contributed by atoms with Crippen molar-refractivity contribution in [2.45, 2.75) is 25.8 Å². The molecule has 0 aliphatic carbocycles. The minimum atomic E-state index is -2.53. The summed E-state index contributed by atoms with van der Waals surface area (Å²) in [6, 6.07) is 28.2. The number of carbonyl (C=O) groups excluding carboxylic acids is 1. The van der Waals surface area contributed by atoms with E-state index in [1.807, 2.05) is 0 Å².